The number of aryl methyl sites for hydroxylation is 1. The van der Waals surface area contributed by atoms with E-state index in [1.165, 1.54) is 5.56 Å². The van der Waals surface area contributed by atoms with Gasteiger partial charge in [0.25, 0.3) is 0 Å². The van der Waals surface area contributed by atoms with Gasteiger partial charge in [-0.2, -0.15) is 0 Å². The van der Waals surface area contributed by atoms with E-state index < -0.39 is 0 Å². The van der Waals surface area contributed by atoms with Crippen molar-refractivity contribution in [2.75, 3.05) is 31.6 Å². The van der Waals surface area contributed by atoms with E-state index in [4.69, 9.17) is 4.74 Å². The Bertz CT molecular complexity index is 920. The number of fused-ring (bicyclic) bond motifs is 1. The summed E-state index contributed by atoms with van der Waals surface area (Å²) in [6.07, 6.45) is 1.96. The summed E-state index contributed by atoms with van der Waals surface area (Å²) in [5.41, 5.74) is 2.26. The highest BCUT2D eigenvalue weighted by Gasteiger charge is 2.34. The molecule has 3 aromatic rings. The van der Waals surface area contributed by atoms with Crippen molar-refractivity contribution in [3.05, 3.63) is 54.1 Å². The maximum atomic E-state index is 12.3. The largest absolute Gasteiger partial charge is 0.497 e. The Labute approximate surface area is 163 Å². The summed E-state index contributed by atoms with van der Waals surface area (Å²) in [6, 6.07) is 16.3. The fourth-order valence-electron chi connectivity index (χ4n) is 3.25. The first-order chi connectivity index (χ1) is 13.2. The molecule has 0 bridgehead atoms. The standard InChI is InChI=1S/C21H23N3O2S/c1-26-17-9-10-19-18(12-17)23-21(27-19)24-13-16(14-24)20(25)22-11-5-8-15-6-3-2-4-7-15/h2-4,6-7,9-10,12,16H,5,8,11,13-14H2,1H3,(H,22,25). The van der Waals surface area contributed by atoms with Gasteiger partial charge in [0.15, 0.2) is 5.13 Å². The maximum absolute atomic E-state index is 12.3. The minimum atomic E-state index is 0.0586. The molecule has 1 fully saturated rings. The number of ether oxygens (including phenoxy) is 1. The molecule has 0 atom stereocenters. The van der Waals surface area contributed by atoms with Gasteiger partial charge >= 0.3 is 0 Å². The van der Waals surface area contributed by atoms with E-state index in [1.54, 1.807) is 18.4 Å². The summed E-state index contributed by atoms with van der Waals surface area (Å²) in [5, 5.41) is 4.05. The van der Waals surface area contributed by atoms with Gasteiger partial charge in [0, 0.05) is 25.7 Å². The highest BCUT2D eigenvalue weighted by Crippen LogP contribution is 2.34. The second-order valence-corrected chi connectivity index (χ2v) is 7.82. The number of nitrogens with zero attached hydrogens (tertiary/aromatic N) is 2. The number of carbonyl (C=O) groups excluding carboxylic acids is 1. The van der Waals surface area contributed by atoms with Gasteiger partial charge in [0.05, 0.1) is 23.2 Å². The van der Waals surface area contributed by atoms with E-state index in [9.17, 15) is 4.79 Å². The summed E-state index contributed by atoms with van der Waals surface area (Å²) < 4.78 is 6.39. The predicted molar refractivity (Wildman–Crippen MR) is 110 cm³/mol. The number of aromatic nitrogens is 1. The van der Waals surface area contributed by atoms with Gasteiger partial charge < -0.3 is 15.0 Å². The molecule has 1 aliphatic rings. The first kappa shape index (κ1) is 17.8. The molecule has 2 aromatic carbocycles. The lowest BCUT2D eigenvalue weighted by atomic mass is 10.00. The van der Waals surface area contributed by atoms with Crippen molar-refractivity contribution in [1.29, 1.82) is 0 Å². The zero-order valence-corrected chi connectivity index (χ0v) is 16.2. The van der Waals surface area contributed by atoms with Crippen molar-refractivity contribution in [2.45, 2.75) is 12.8 Å². The molecular formula is C21H23N3O2S. The Morgan fingerprint density at radius 3 is 2.85 bits per heavy atom. The van der Waals surface area contributed by atoms with E-state index in [-0.39, 0.29) is 11.8 Å². The average molecular weight is 382 g/mol. The summed E-state index contributed by atoms with van der Waals surface area (Å²) >= 11 is 1.66. The van der Waals surface area contributed by atoms with Crippen molar-refractivity contribution in [2.24, 2.45) is 5.92 Å². The molecule has 0 aliphatic carbocycles. The molecule has 5 nitrogen and oxygen atoms in total. The molecular weight excluding hydrogens is 358 g/mol. The lowest BCUT2D eigenvalue weighted by Gasteiger charge is -2.37. The van der Waals surface area contributed by atoms with Crippen LogP contribution in [0, 0.1) is 5.92 Å². The number of carbonyl (C=O) groups is 1. The number of anilines is 1. The molecule has 2 heterocycles. The lowest BCUT2D eigenvalue weighted by Crippen LogP contribution is -2.53. The van der Waals surface area contributed by atoms with Gasteiger partial charge in [0.2, 0.25) is 5.91 Å². The molecule has 140 valence electrons. The van der Waals surface area contributed by atoms with E-state index in [0.29, 0.717) is 0 Å². The smallest absolute Gasteiger partial charge is 0.226 e. The van der Waals surface area contributed by atoms with Crippen molar-refractivity contribution in [3.8, 4) is 5.75 Å². The van der Waals surface area contributed by atoms with Crippen LogP contribution in [0.5, 0.6) is 5.75 Å². The Kier molecular flexibility index (Phi) is 5.25. The molecule has 1 aromatic heterocycles. The highest BCUT2D eigenvalue weighted by atomic mass is 32.1. The second kappa shape index (κ2) is 7.96. The van der Waals surface area contributed by atoms with E-state index in [2.05, 4.69) is 39.5 Å². The maximum Gasteiger partial charge on any atom is 0.226 e. The molecule has 1 saturated heterocycles. The van der Waals surface area contributed by atoms with Crippen LogP contribution in [-0.2, 0) is 11.2 Å². The SMILES string of the molecule is COc1ccc2sc(N3CC(C(=O)NCCCc4ccccc4)C3)nc2c1. The van der Waals surface area contributed by atoms with Gasteiger partial charge in [0.1, 0.15) is 5.75 Å². The van der Waals surface area contributed by atoms with E-state index in [0.717, 1.165) is 53.6 Å². The zero-order valence-electron chi connectivity index (χ0n) is 15.4. The molecule has 27 heavy (non-hydrogen) atoms. The number of benzene rings is 2. The van der Waals surface area contributed by atoms with Crippen LogP contribution in [0.1, 0.15) is 12.0 Å². The zero-order chi connectivity index (χ0) is 18.6. The number of rotatable bonds is 7. The Morgan fingerprint density at radius 1 is 1.26 bits per heavy atom. The molecule has 4 rings (SSSR count). The summed E-state index contributed by atoms with van der Waals surface area (Å²) in [4.78, 5) is 19.1. The third-order valence-electron chi connectivity index (χ3n) is 4.89. The van der Waals surface area contributed by atoms with Crippen LogP contribution in [-0.4, -0.2) is 37.6 Å². The number of amides is 1. The summed E-state index contributed by atoms with van der Waals surface area (Å²) in [7, 11) is 1.66. The second-order valence-electron chi connectivity index (χ2n) is 6.81. The summed E-state index contributed by atoms with van der Waals surface area (Å²) in [5.74, 6) is 1.03. The Balaban J connectivity index is 1.23. The van der Waals surface area contributed by atoms with Crippen LogP contribution >= 0.6 is 11.3 Å². The molecule has 1 amide bonds. The topological polar surface area (TPSA) is 54.5 Å². The van der Waals surface area contributed by atoms with Gasteiger partial charge in [-0.05, 0) is 30.5 Å². The number of nitrogens with one attached hydrogen (secondary N) is 1. The molecule has 1 aliphatic heterocycles. The molecule has 0 radical (unpaired) electrons. The fraction of sp³-hybridized carbons (Fsp3) is 0.333. The highest BCUT2D eigenvalue weighted by molar-refractivity contribution is 7.22. The molecule has 0 spiro atoms. The van der Waals surface area contributed by atoms with Crippen LogP contribution in [0.15, 0.2) is 48.5 Å². The average Bonchev–Trinajstić information content (AvgIpc) is 3.07. The Hall–Kier alpha value is -2.60. The minimum Gasteiger partial charge on any atom is -0.497 e. The Morgan fingerprint density at radius 2 is 2.07 bits per heavy atom. The first-order valence-corrected chi connectivity index (χ1v) is 10.1. The number of thiazole rings is 1. The van der Waals surface area contributed by atoms with E-state index in [1.807, 2.05) is 24.3 Å². The van der Waals surface area contributed by atoms with Crippen LogP contribution in [0.25, 0.3) is 10.2 Å². The minimum absolute atomic E-state index is 0.0586. The number of hydrogen-bond acceptors (Lipinski definition) is 5. The van der Waals surface area contributed by atoms with Gasteiger partial charge in [-0.25, -0.2) is 4.98 Å². The van der Waals surface area contributed by atoms with Gasteiger partial charge in [-0.15, -0.1) is 0 Å². The van der Waals surface area contributed by atoms with E-state index >= 15 is 0 Å². The molecule has 6 heteroatoms. The van der Waals surface area contributed by atoms with Gasteiger partial charge in [-0.3, -0.25) is 4.79 Å². The normalized spacial score (nSPS) is 14.2. The third-order valence-corrected chi connectivity index (χ3v) is 5.99. The number of hydrogen-bond donors (Lipinski definition) is 1. The van der Waals surface area contributed by atoms with Crippen LogP contribution in [0.2, 0.25) is 0 Å². The summed E-state index contributed by atoms with van der Waals surface area (Å²) in [6.45, 7) is 2.20. The fourth-order valence-corrected chi connectivity index (χ4v) is 4.22. The van der Waals surface area contributed by atoms with Crippen LogP contribution in [0.4, 0.5) is 5.13 Å². The van der Waals surface area contributed by atoms with Crippen LogP contribution < -0.4 is 15.0 Å². The predicted octanol–water partition coefficient (Wildman–Crippen LogP) is 3.49. The van der Waals surface area contributed by atoms with Gasteiger partial charge in [-0.1, -0.05) is 41.7 Å². The van der Waals surface area contributed by atoms with Crippen molar-refractivity contribution in [1.82, 2.24) is 10.3 Å². The monoisotopic (exact) mass is 381 g/mol. The van der Waals surface area contributed by atoms with Crippen molar-refractivity contribution < 1.29 is 9.53 Å². The molecule has 1 N–H and O–H groups in total. The van der Waals surface area contributed by atoms with Crippen molar-refractivity contribution >= 4 is 32.6 Å². The quantitative estimate of drug-likeness (QED) is 0.637. The third kappa shape index (κ3) is 4.06. The first-order valence-electron chi connectivity index (χ1n) is 9.24. The van der Waals surface area contributed by atoms with Crippen molar-refractivity contribution in [3.63, 3.8) is 0 Å². The van der Waals surface area contributed by atoms with Crippen LogP contribution in [0.3, 0.4) is 0 Å². The molecule has 0 unspecified atom stereocenters. The molecule has 0 saturated carbocycles. The lowest BCUT2D eigenvalue weighted by molar-refractivity contribution is -0.125. The number of methoxy groups -OCH3 is 1.